The lowest BCUT2D eigenvalue weighted by molar-refractivity contribution is -0.124. The maximum absolute atomic E-state index is 11.6. The third-order valence-corrected chi connectivity index (χ3v) is 3.59. The highest BCUT2D eigenvalue weighted by molar-refractivity contribution is 5.85. The molecule has 1 aromatic carbocycles. The van der Waals surface area contributed by atoms with Crippen molar-refractivity contribution in [1.29, 1.82) is 0 Å². The fourth-order valence-corrected chi connectivity index (χ4v) is 1.94. The fourth-order valence-electron chi connectivity index (χ4n) is 1.94. The molecule has 1 rings (SSSR count). The molecule has 0 aromatic heterocycles. The fraction of sp³-hybridized carbons (Fsp3) is 0.562. The topological polar surface area (TPSA) is 58.4 Å². The molecule has 22 heavy (non-hydrogen) atoms. The van der Waals surface area contributed by atoms with Crippen LogP contribution in [0.5, 0.6) is 0 Å². The second-order valence-corrected chi connectivity index (χ2v) is 5.13. The van der Waals surface area contributed by atoms with Crippen molar-refractivity contribution >= 4 is 30.7 Å². The van der Waals surface area contributed by atoms with Gasteiger partial charge >= 0.3 is 0 Å². The van der Waals surface area contributed by atoms with Gasteiger partial charge in [-0.3, -0.25) is 9.69 Å². The van der Waals surface area contributed by atoms with Gasteiger partial charge in [-0.15, -0.1) is 24.8 Å². The predicted octanol–water partition coefficient (Wildman–Crippen LogP) is 2.58. The Kier molecular flexibility index (Phi) is 13.5. The highest BCUT2D eigenvalue weighted by Gasteiger charge is 2.09. The second-order valence-electron chi connectivity index (χ2n) is 5.13. The Morgan fingerprint density at radius 2 is 1.64 bits per heavy atom. The van der Waals surface area contributed by atoms with E-state index in [9.17, 15) is 4.79 Å². The molecule has 1 unspecified atom stereocenters. The first-order valence-electron chi connectivity index (χ1n) is 7.38. The molecule has 1 atom stereocenters. The van der Waals surface area contributed by atoms with Crippen LogP contribution in [0, 0.1) is 5.92 Å². The standard InChI is InChI=1S/C16H27N3O.2ClH/c1-4-19(5-2)12-15-8-6-14(7-9-15)11-18-16(20)13(3)10-17;;/h6-9,13H,4-5,10-12,17H2,1-3H3,(H,18,20);2*1H. The van der Waals surface area contributed by atoms with E-state index in [2.05, 4.69) is 48.3 Å². The van der Waals surface area contributed by atoms with Crippen LogP contribution >= 0.6 is 24.8 Å². The molecule has 0 saturated heterocycles. The zero-order valence-electron chi connectivity index (χ0n) is 13.7. The number of rotatable bonds is 8. The molecule has 0 heterocycles. The number of nitrogens with two attached hydrogens (primary N) is 1. The van der Waals surface area contributed by atoms with Gasteiger partial charge in [0.15, 0.2) is 0 Å². The normalized spacial score (nSPS) is 11.3. The maximum atomic E-state index is 11.6. The number of nitrogens with one attached hydrogen (secondary N) is 1. The summed E-state index contributed by atoms with van der Waals surface area (Å²) in [4.78, 5) is 14.0. The minimum Gasteiger partial charge on any atom is -0.352 e. The molecule has 0 aliphatic carbocycles. The van der Waals surface area contributed by atoms with Gasteiger partial charge in [0.1, 0.15) is 0 Å². The SMILES string of the molecule is CCN(CC)Cc1ccc(CNC(=O)C(C)CN)cc1.Cl.Cl. The van der Waals surface area contributed by atoms with E-state index in [1.807, 2.05) is 6.92 Å². The summed E-state index contributed by atoms with van der Waals surface area (Å²) in [5.74, 6) is -0.114. The van der Waals surface area contributed by atoms with Crippen LogP contribution in [0.15, 0.2) is 24.3 Å². The van der Waals surface area contributed by atoms with E-state index in [0.717, 1.165) is 25.2 Å². The molecule has 128 valence electrons. The van der Waals surface area contributed by atoms with Gasteiger partial charge < -0.3 is 11.1 Å². The number of benzene rings is 1. The largest absolute Gasteiger partial charge is 0.352 e. The van der Waals surface area contributed by atoms with E-state index in [-0.39, 0.29) is 36.6 Å². The predicted molar refractivity (Wildman–Crippen MR) is 97.6 cm³/mol. The van der Waals surface area contributed by atoms with Gasteiger partial charge in [-0.1, -0.05) is 45.0 Å². The first-order valence-corrected chi connectivity index (χ1v) is 7.38. The summed E-state index contributed by atoms with van der Waals surface area (Å²) in [5, 5.41) is 2.90. The van der Waals surface area contributed by atoms with Crippen molar-refractivity contribution in [1.82, 2.24) is 10.2 Å². The van der Waals surface area contributed by atoms with Crippen molar-refractivity contribution in [3.8, 4) is 0 Å². The Labute approximate surface area is 146 Å². The van der Waals surface area contributed by atoms with Crippen molar-refractivity contribution in [3.63, 3.8) is 0 Å². The summed E-state index contributed by atoms with van der Waals surface area (Å²) < 4.78 is 0. The molecular weight excluding hydrogens is 321 g/mol. The summed E-state index contributed by atoms with van der Waals surface area (Å²) in [6.45, 7) is 10.2. The smallest absolute Gasteiger partial charge is 0.224 e. The Hall–Kier alpha value is -0.810. The van der Waals surface area contributed by atoms with Gasteiger partial charge in [0.05, 0.1) is 0 Å². The molecule has 0 saturated carbocycles. The molecule has 1 amide bonds. The van der Waals surface area contributed by atoms with E-state index in [1.165, 1.54) is 5.56 Å². The molecule has 0 spiro atoms. The number of carbonyl (C=O) groups is 1. The van der Waals surface area contributed by atoms with E-state index in [1.54, 1.807) is 0 Å². The third kappa shape index (κ3) is 7.99. The zero-order chi connectivity index (χ0) is 15.0. The summed E-state index contributed by atoms with van der Waals surface area (Å²) in [5.41, 5.74) is 7.89. The minimum atomic E-state index is -0.128. The van der Waals surface area contributed by atoms with Crippen molar-refractivity contribution in [2.75, 3.05) is 19.6 Å². The molecule has 6 heteroatoms. The molecule has 0 fully saturated rings. The molecule has 0 aliphatic rings. The van der Waals surface area contributed by atoms with Crippen LogP contribution in [0.1, 0.15) is 31.9 Å². The molecular formula is C16H29Cl2N3O. The van der Waals surface area contributed by atoms with Gasteiger partial charge in [0, 0.05) is 25.6 Å². The number of amides is 1. The maximum Gasteiger partial charge on any atom is 0.224 e. The average molecular weight is 350 g/mol. The van der Waals surface area contributed by atoms with Crippen molar-refractivity contribution < 1.29 is 4.79 Å². The molecule has 0 radical (unpaired) electrons. The van der Waals surface area contributed by atoms with E-state index in [0.29, 0.717) is 13.1 Å². The monoisotopic (exact) mass is 349 g/mol. The number of nitrogens with zero attached hydrogens (tertiary/aromatic N) is 1. The lowest BCUT2D eigenvalue weighted by Crippen LogP contribution is -2.32. The number of halogens is 2. The van der Waals surface area contributed by atoms with Gasteiger partial charge in [0.2, 0.25) is 5.91 Å². The quantitative estimate of drug-likeness (QED) is 0.758. The van der Waals surface area contributed by atoms with Gasteiger partial charge in [0.25, 0.3) is 0 Å². The van der Waals surface area contributed by atoms with Crippen LogP contribution in [0.2, 0.25) is 0 Å². The van der Waals surface area contributed by atoms with E-state index >= 15 is 0 Å². The van der Waals surface area contributed by atoms with Crippen LogP contribution in [0.3, 0.4) is 0 Å². The molecule has 0 bridgehead atoms. The van der Waals surface area contributed by atoms with Crippen LogP contribution in [0.4, 0.5) is 0 Å². The lowest BCUT2D eigenvalue weighted by atomic mass is 10.1. The molecule has 0 aliphatic heterocycles. The van der Waals surface area contributed by atoms with E-state index in [4.69, 9.17) is 5.73 Å². The Bertz CT molecular complexity index is 408. The number of hydrogen-bond donors (Lipinski definition) is 2. The van der Waals surface area contributed by atoms with Crippen LogP contribution < -0.4 is 11.1 Å². The average Bonchev–Trinajstić information content (AvgIpc) is 2.50. The molecule has 1 aromatic rings. The van der Waals surface area contributed by atoms with Crippen molar-refractivity contribution in [2.45, 2.75) is 33.9 Å². The molecule has 3 N–H and O–H groups in total. The lowest BCUT2D eigenvalue weighted by Gasteiger charge is -2.18. The molecule has 4 nitrogen and oxygen atoms in total. The Morgan fingerprint density at radius 3 is 2.09 bits per heavy atom. The highest BCUT2D eigenvalue weighted by atomic mass is 35.5. The van der Waals surface area contributed by atoms with Gasteiger partial charge in [-0.05, 0) is 24.2 Å². The summed E-state index contributed by atoms with van der Waals surface area (Å²) in [6.07, 6.45) is 0. The van der Waals surface area contributed by atoms with Crippen molar-refractivity contribution in [3.05, 3.63) is 35.4 Å². The van der Waals surface area contributed by atoms with Crippen molar-refractivity contribution in [2.24, 2.45) is 11.7 Å². The minimum absolute atomic E-state index is 0. The summed E-state index contributed by atoms with van der Waals surface area (Å²) in [7, 11) is 0. The number of carbonyl (C=O) groups excluding carboxylic acids is 1. The van der Waals surface area contributed by atoms with Crippen LogP contribution in [-0.4, -0.2) is 30.4 Å². The first-order chi connectivity index (χ1) is 9.60. The Morgan fingerprint density at radius 1 is 1.14 bits per heavy atom. The van der Waals surface area contributed by atoms with Crippen LogP contribution in [0.25, 0.3) is 0 Å². The number of hydrogen-bond acceptors (Lipinski definition) is 3. The summed E-state index contributed by atoms with van der Waals surface area (Å²) >= 11 is 0. The van der Waals surface area contributed by atoms with Gasteiger partial charge in [-0.2, -0.15) is 0 Å². The zero-order valence-corrected chi connectivity index (χ0v) is 15.3. The second kappa shape index (κ2) is 12.7. The third-order valence-electron chi connectivity index (χ3n) is 3.59. The summed E-state index contributed by atoms with van der Waals surface area (Å²) in [6, 6.07) is 8.41. The van der Waals surface area contributed by atoms with Gasteiger partial charge in [-0.25, -0.2) is 0 Å². The van der Waals surface area contributed by atoms with Crippen LogP contribution in [-0.2, 0) is 17.9 Å². The van der Waals surface area contributed by atoms with E-state index < -0.39 is 0 Å². The highest BCUT2D eigenvalue weighted by Crippen LogP contribution is 2.07. The Balaban J connectivity index is 0. The first kappa shape index (κ1) is 23.5.